The van der Waals surface area contributed by atoms with Gasteiger partial charge >= 0.3 is 0 Å². The van der Waals surface area contributed by atoms with Crippen LogP contribution in [0.3, 0.4) is 0 Å². The van der Waals surface area contributed by atoms with Crippen molar-refractivity contribution in [2.75, 3.05) is 32.8 Å². The van der Waals surface area contributed by atoms with E-state index < -0.39 is 0 Å². The highest BCUT2D eigenvalue weighted by atomic mass is 35.5. The van der Waals surface area contributed by atoms with E-state index in [9.17, 15) is 4.79 Å². The Morgan fingerprint density at radius 1 is 1.22 bits per heavy atom. The number of nitrogens with zero attached hydrogens (tertiary/aromatic N) is 1. The lowest BCUT2D eigenvalue weighted by molar-refractivity contribution is 0.0952. The number of aromatic nitrogens is 1. The van der Waals surface area contributed by atoms with Gasteiger partial charge in [-0.2, -0.15) is 0 Å². The lowest BCUT2D eigenvalue weighted by Crippen LogP contribution is -2.29. The number of thiazole rings is 1. The summed E-state index contributed by atoms with van der Waals surface area (Å²) in [6.45, 7) is 3.54. The molecule has 4 rings (SSSR count). The molecule has 0 fully saturated rings. The first-order valence-corrected chi connectivity index (χ1v) is 9.20. The molecule has 9 heteroatoms. The Morgan fingerprint density at radius 3 is 2.81 bits per heavy atom. The van der Waals surface area contributed by atoms with Gasteiger partial charge in [-0.25, -0.2) is 4.98 Å². The third kappa shape index (κ3) is 5.13. The summed E-state index contributed by atoms with van der Waals surface area (Å²) in [6, 6.07) is 5.73. The molecule has 0 spiro atoms. The van der Waals surface area contributed by atoms with Crippen LogP contribution in [0.2, 0.25) is 0 Å². The van der Waals surface area contributed by atoms with Crippen molar-refractivity contribution in [3.8, 4) is 22.1 Å². The molecule has 146 valence electrons. The van der Waals surface area contributed by atoms with Crippen molar-refractivity contribution in [1.82, 2.24) is 15.6 Å². The highest BCUT2D eigenvalue weighted by Gasteiger charge is 2.16. The third-order valence-corrected chi connectivity index (χ3v) is 5.05. The fraction of sp³-hybridized carbons (Fsp3) is 0.333. The van der Waals surface area contributed by atoms with Crippen LogP contribution in [0.25, 0.3) is 10.6 Å². The molecule has 2 aliphatic rings. The first kappa shape index (κ1) is 21.5. The van der Waals surface area contributed by atoms with Gasteiger partial charge in [-0.1, -0.05) is 11.6 Å². The molecular weight excluding hydrogens is 409 g/mol. The molecule has 1 aromatic carbocycles. The zero-order valence-corrected chi connectivity index (χ0v) is 17.0. The number of amides is 1. The summed E-state index contributed by atoms with van der Waals surface area (Å²) in [5, 5.41) is 8.79. The second-order valence-corrected chi connectivity index (χ2v) is 6.75. The first-order chi connectivity index (χ1) is 12.3. The molecule has 2 aromatic rings. The van der Waals surface area contributed by atoms with Crippen LogP contribution in [-0.4, -0.2) is 43.7 Å². The molecule has 1 aromatic heterocycles. The van der Waals surface area contributed by atoms with Crippen molar-refractivity contribution in [2.45, 2.75) is 6.42 Å². The van der Waals surface area contributed by atoms with Gasteiger partial charge in [0.25, 0.3) is 5.91 Å². The van der Waals surface area contributed by atoms with Gasteiger partial charge < -0.3 is 20.1 Å². The predicted molar refractivity (Wildman–Crippen MR) is 111 cm³/mol. The van der Waals surface area contributed by atoms with Gasteiger partial charge in [-0.05, 0) is 31.2 Å². The monoisotopic (exact) mass is 429 g/mol. The lowest BCUT2D eigenvalue weighted by atomic mass is 10.1. The van der Waals surface area contributed by atoms with E-state index in [2.05, 4.69) is 21.7 Å². The smallest absolute Gasteiger partial charge is 0.271 e. The molecule has 0 aliphatic carbocycles. The molecule has 0 radical (unpaired) electrons. The minimum atomic E-state index is -0.139. The molecule has 0 atom stereocenters. The second kappa shape index (κ2) is 9.94. The average Bonchev–Trinajstić information content (AvgIpc) is 3.17. The zero-order chi connectivity index (χ0) is 17.1. The number of fused-ring (bicyclic) bond motifs is 1. The highest BCUT2D eigenvalue weighted by molar-refractivity contribution is 7.13. The average molecular weight is 430 g/mol. The zero-order valence-electron chi connectivity index (χ0n) is 14.5. The molecule has 27 heavy (non-hydrogen) atoms. The number of hydrogen-bond donors (Lipinski definition) is 2. The molecular formula is C18H21Cl2N3O3S. The minimum absolute atomic E-state index is 0. The SMILES string of the molecule is Cl.Cl.O=C(NCC1=CCNCC1)c1csc(-c2ccc3c(c2)OCCO3)n1. The van der Waals surface area contributed by atoms with Crippen LogP contribution in [0.15, 0.2) is 35.2 Å². The molecule has 0 saturated heterocycles. The van der Waals surface area contributed by atoms with Gasteiger partial charge in [0.05, 0.1) is 0 Å². The molecule has 0 unspecified atom stereocenters. The maximum atomic E-state index is 12.3. The number of halogens is 2. The number of ether oxygens (including phenoxy) is 2. The largest absolute Gasteiger partial charge is 0.486 e. The van der Waals surface area contributed by atoms with E-state index >= 15 is 0 Å². The Hall–Kier alpha value is -1.80. The van der Waals surface area contributed by atoms with Gasteiger partial charge in [0, 0.05) is 24.0 Å². The van der Waals surface area contributed by atoms with E-state index in [1.165, 1.54) is 16.9 Å². The second-order valence-electron chi connectivity index (χ2n) is 5.90. The van der Waals surface area contributed by atoms with Crippen LogP contribution in [-0.2, 0) is 0 Å². The van der Waals surface area contributed by atoms with Gasteiger partial charge in [0.2, 0.25) is 0 Å². The maximum Gasteiger partial charge on any atom is 0.271 e. The Kier molecular flexibility index (Phi) is 7.91. The molecule has 6 nitrogen and oxygen atoms in total. The van der Waals surface area contributed by atoms with E-state index in [4.69, 9.17) is 9.47 Å². The quantitative estimate of drug-likeness (QED) is 0.730. The fourth-order valence-corrected chi connectivity index (χ4v) is 3.60. The number of nitrogens with one attached hydrogen (secondary N) is 2. The highest BCUT2D eigenvalue weighted by Crippen LogP contribution is 2.35. The van der Waals surface area contributed by atoms with Gasteiger partial charge in [-0.15, -0.1) is 36.2 Å². The van der Waals surface area contributed by atoms with Gasteiger partial charge in [0.1, 0.15) is 23.9 Å². The number of benzene rings is 1. The van der Waals surface area contributed by atoms with E-state index in [1.54, 1.807) is 5.38 Å². The normalized spacial score (nSPS) is 15.0. The first-order valence-electron chi connectivity index (χ1n) is 8.32. The van der Waals surface area contributed by atoms with E-state index in [-0.39, 0.29) is 30.7 Å². The predicted octanol–water partition coefficient (Wildman–Crippen LogP) is 3.07. The topological polar surface area (TPSA) is 72.5 Å². The Balaban J connectivity index is 0.00000131. The van der Waals surface area contributed by atoms with Crippen molar-refractivity contribution >= 4 is 42.1 Å². The lowest BCUT2D eigenvalue weighted by Gasteiger charge is -2.18. The number of carbonyl (C=O) groups is 1. The molecule has 0 bridgehead atoms. The summed E-state index contributed by atoms with van der Waals surface area (Å²) in [5.41, 5.74) is 2.63. The molecule has 2 N–H and O–H groups in total. The molecule has 2 aliphatic heterocycles. The van der Waals surface area contributed by atoms with Crippen molar-refractivity contribution in [3.63, 3.8) is 0 Å². The third-order valence-electron chi connectivity index (χ3n) is 4.16. The van der Waals surface area contributed by atoms with Crippen LogP contribution >= 0.6 is 36.2 Å². The summed E-state index contributed by atoms with van der Waals surface area (Å²) in [5.74, 6) is 1.34. The number of rotatable bonds is 4. The van der Waals surface area contributed by atoms with E-state index in [0.29, 0.717) is 25.5 Å². The summed E-state index contributed by atoms with van der Waals surface area (Å²) < 4.78 is 11.1. The van der Waals surface area contributed by atoms with E-state index in [1.807, 2.05) is 18.2 Å². The Morgan fingerprint density at radius 2 is 2.04 bits per heavy atom. The van der Waals surface area contributed by atoms with Crippen LogP contribution < -0.4 is 20.1 Å². The van der Waals surface area contributed by atoms with Gasteiger partial charge in [-0.3, -0.25) is 4.79 Å². The molecule has 3 heterocycles. The van der Waals surface area contributed by atoms with Crippen molar-refractivity contribution < 1.29 is 14.3 Å². The van der Waals surface area contributed by atoms with Crippen molar-refractivity contribution in [2.24, 2.45) is 0 Å². The van der Waals surface area contributed by atoms with Crippen molar-refractivity contribution in [3.05, 3.63) is 40.9 Å². The van der Waals surface area contributed by atoms with Crippen LogP contribution in [0.4, 0.5) is 0 Å². The molecule has 1 amide bonds. The standard InChI is InChI=1S/C18H19N3O3S.2ClH/c22-17(20-10-12-3-5-19-6-4-12)14-11-25-18(21-14)13-1-2-15-16(9-13)24-8-7-23-15;;/h1-3,9,11,19H,4-8,10H2,(H,20,22);2*1H. The Bertz CT molecular complexity index is 826. The number of carbonyl (C=O) groups excluding carboxylic acids is 1. The van der Waals surface area contributed by atoms with Crippen LogP contribution in [0, 0.1) is 0 Å². The summed E-state index contributed by atoms with van der Waals surface area (Å²) in [6.07, 6.45) is 3.10. The summed E-state index contributed by atoms with van der Waals surface area (Å²) in [4.78, 5) is 16.8. The van der Waals surface area contributed by atoms with Crippen LogP contribution in [0.5, 0.6) is 11.5 Å². The summed E-state index contributed by atoms with van der Waals surface area (Å²) >= 11 is 1.45. The summed E-state index contributed by atoms with van der Waals surface area (Å²) in [7, 11) is 0. The van der Waals surface area contributed by atoms with Gasteiger partial charge in [0.15, 0.2) is 11.5 Å². The molecule has 0 saturated carbocycles. The number of hydrogen-bond acceptors (Lipinski definition) is 6. The minimum Gasteiger partial charge on any atom is -0.486 e. The fourth-order valence-electron chi connectivity index (χ4n) is 2.80. The maximum absolute atomic E-state index is 12.3. The van der Waals surface area contributed by atoms with E-state index in [0.717, 1.165) is 41.6 Å². The van der Waals surface area contributed by atoms with Crippen LogP contribution in [0.1, 0.15) is 16.9 Å². The Labute approximate surface area is 174 Å². The van der Waals surface area contributed by atoms with Crippen molar-refractivity contribution in [1.29, 1.82) is 0 Å².